The topological polar surface area (TPSA) is 88.6 Å². The minimum absolute atomic E-state index is 0.0379. The normalized spacial score (nSPS) is 23.1. The van der Waals surface area contributed by atoms with Crippen LogP contribution in [0.2, 0.25) is 0 Å². The van der Waals surface area contributed by atoms with Crippen molar-refractivity contribution in [2.45, 2.75) is 56.5 Å². The van der Waals surface area contributed by atoms with Gasteiger partial charge >= 0.3 is 0 Å². The van der Waals surface area contributed by atoms with Crippen LogP contribution in [0.4, 0.5) is 0 Å². The van der Waals surface area contributed by atoms with Crippen molar-refractivity contribution in [3.05, 3.63) is 23.3 Å². The first kappa shape index (κ1) is 26.3. The lowest BCUT2D eigenvalue weighted by Crippen LogP contribution is -2.53. The average Bonchev–Trinajstić information content (AvgIpc) is 3.39. The molecule has 0 radical (unpaired) electrons. The van der Waals surface area contributed by atoms with Crippen LogP contribution in [-0.4, -0.2) is 107 Å². The number of morpholine rings is 1. The fourth-order valence-corrected chi connectivity index (χ4v) is 7.61. The van der Waals surface area contributed by atoms with Gasteiger partial charge in [-0.1, -0.05) is 12.8 Å². The molecule has 1 saturated carbocycles. The molecule has 9 nitrogen and oxygen atoms in total. The summed E-state index contributed by atoms with van der Waals surface area (Å²) in [6.45, 7) is 7.71. The molecule has 1 aliphatic carbocycles. The maximum Gasteiger partial charge on any atom is 0.248 e. The van der Waals surface area contributed by atoms with Crippen LogP contribution in [0.1, 0.15) is 36.8 Å². The van der Waals surface area contributed by atoms with Crippen molar-refractivity contribution in [1.82, 2.24) is 14.1 Å². The average molecular weight is 510 g/mol. The van der Waals surface area contributed by atoms with Crippen molar-refractivity contribution in [3.8, 4) is 5.75 Å². The Morgan fingerprint density at radius 1 is 1.06 bits per heavy atom. The highest BCUT2D eigenvalue weighted by atomic mass is 32.2. The molecule has 2 heterocycles. The summed E-state index contributed by atoms with van der Waals surface area (Å²) >= 11 is 0. The quantitative estimate of drug-likeness (QED) is 0.528. The Kier molecular flexibility index (Phi) is 8.70. The highest BCUT2D eigenvalue weighted by Gasteiger charge is 2.36. The zero-order valence-electron chi connectivity index (χ0n) is 21.2. The van der Waals surface area contributed by atoms with Gasteiger partial charge in [0.1, 0.15) is 12.4 Å². The Morgan fingerprint density at radius 2 is 1.71 bits per heavy atom. The number of benzene rings is 1. The fraction of sp³-hybridized carbons (Fsp3) is 0.720. The van der Waals surface area contributed by atoms with Crippen molar-refractivity contribution in [3.63, 3.8) is 0 Å². The van der Waals surface area contributed by atoms with Crippen LogP contribution in [-0.2, 0) is 24.3 Å². The zero-order valence-corrected chi connectivity index (χ0v) is 22.0. The van der Waals surface area contributed by atoms with Crippen molar-refractivity contribution in [2.24, 2.45) is 0 Å². The van der Waals surface area contributed by atoms with Crippen LogP contribution in [0.15, 0.2) is 17.0 Å². The molecule has 4 rings (SSSR count). The van der Waals surface area contributed by atoms with E-state index in [1.165, 1.54) is 30.0 Å². The molecule has 0 N–H and O–H groups in total. The van der Waals surface area contributed by atoms with Gasteiger partial charge in [-0.2, -0.15) is 4.31 Å². The summed E-state index contributed by atoms with van der Waals surface area (Å²) < 4.78 is 45.3. The molecule has 0 unspecified atom stereocenters. The number of sulfonamides is 1. The largest absolute Gasteiger partial charge is 0.497 e. The standard InChI is InChI=1S/C25H39N3O6S/c1-19-14-23(32-3)15-20(2)25(19)35(30,31)28-12-13-33-16-22(28)17-34-18-24(29)27-10-8-26(9-11-27)21-6-4-5-7-21/h14-15,21-22H,4-13,16-18H2,1-3H3/t22-/m0/s1. The number of methoxy groups -OCH3 is 1. The van der Waals surface area contributed by atoms with Crippen molar-refractivity contribution < 1.29 is 27.4 Å². The first-order valence-electron chi connectivity index (χ1n) is 12.7. The van der Waals surface area contributed by atoms with Gasteiger partial charge in [-0.3, -0.25) is 9.69 Å². The van der Waals surface area contributed by atoms with Crippen molar-refractivity contribution in [1.29, 1.82) is 0 Å². The van der Waals surface area contributed by atoms with Crippen LogP contribution in [0.25, 0.3) is 0 Å². The summed E-state index contributed by atoms with van der Waals surface area (Å²) in [7, 11) is -2.20. The second-order valence-electron chi connectivity index (χ2n) is 9.80. The second-order valence-corrected chi connectivity index (χ2v) is 11.6. The first-order chi connectivity index (χ1) is 16.8. The summed E-state index contributed by atoms with van der Waals surface area (Å²) in [6, 6.07) is 3.66. The van der Waals surface area contributed by atoms with E-state index in [2.05, 4.69) is 4.90 Å². The molecule has 3 fully saturated rings. The fourth-order valence-electron chi connectivity index (χ4n) is 5.62. The Morgan fingerprint density at radius 3 is 2.34 bits per heavy atom. The molecule has 0 bridgehead atoms. The van der Waals surface area contributed by atoms with E-state index in [1.54, 1.807) is 33.1 Å². The van der Waals surface area contributed by atoms with Gasteiger partial charge in [0.25, 0.3) is 0 Å². The van der Waals surface area contributed by atoms with Gasteiger partial charge in [-0.05, 0) is 49.9 Å². The van der Waals surface area contributed by atoms with E-state index < -0.39 is 16.1 Å². The number of rotatable bonds is 8. The molecule has 1 aromatic rings. The lowest BCUT2D eigenvalue weighted by molar-refractivity contribution is -0.139. The Hall–Kier alpha value is -1.72. The molecule has 10 heteroatoms. The number of hydrogen-bond donors (Lipinski definition) is 0. The SMILES string of the molecule is COc1cc(C)c(S(=O)(=O)N2CCOC[C@H]2COCC(=O)N2CCN(C3CCCC3)CC2)c(C)c1. The zero-order chi connectivity index (χ0) is 25.0. The number of amides is 1. The second kappa shape index (κ2) is 11.6. The minimum atomic E-state index is -3.77. The number of aryl methyl sites for hydroxylation is 2. The molecule has 1 aromatic carbocycles. The van der Waals surface area contributed by atoms with Crippen LogP contribution in [0.5, 0.6) is 5.75 Å². The van der Waals surface area contributed by atoms with E-state index in [9.17, 15) is 13.2 Å². The van der Waals surface area contributed by atoms with Crippen molar-refractivity contribution >= 4 is 15.9 Å². The van der Waals surface area contributed by atoms with Crippen molar-refractivity contribution in [2.75, 3.05) is 66.3 Å². The van der Waals surface area contributed by atoms with Gasteiger partial charge in [-0.15, -0.1) is 0 Å². The maximum atomic E-state index is 13.6. The van der Waals surface area contributed by atoms with Gasteiger partial charge in [0.15, 0.2) is 0 Å². The molecular formula is C25H39N3O6S. The van der Waals surface area contributed by atoms with E-state index in [-0.39, 0.29) is 32.3 Å². The molecule has 2 saturated heterocycles. The molecule has 3 aliphatic rings. The summed E-state index contributed by atoms with van der Waals surface area (Å²) in [5.41, 5.74) is 1.28. The highest BCUT2D eigenvalue weighted by Crippen LogP contribution is 2.30. The first-order valence-corrected chi connectivity index (χ1v) is 14.1. The third kappa shape index (κ3) is 5.99. The number of carbonyl (C=O) groups excluding carboxylic acids is 1. The van der Waals surface area contributed by atoms with Crippen LogP contribution in [0.3, 0.4) is 0 Å². The number of ether oxygens (including phenoxy) is 3. The molecular weight excluding hydrogens is 470 g/mol. The molecule has 2 aliphatic heterocycles. The lowest BCUT2D eigenvalue weighted by atomic mass is 10.1. The number of nitrogens with zero attached hydrogens (tertiary/aromatic N) is 3. The van der Waals surface area contributed by atoms with Gasteiger partial charge in [-0.25, -0.2) is 8.42 Å². The molecule has 1 amide bonds. The van der Waals surface area contributed by atoms with Crippen LogP contribution in [0, 0.1) is 13.8 Å². The number of carbonyl (C=O) groups is 1. The lowest BCUT2D eigenvalue weighted by Gasteiger charge is -2.38. The third-order valence-corrected chi connectivity index (χ3v) is 9.71. The van der Waals surface area contributed by atoms with E-state index in [0.29, 0.717) is 34.4 Å². The van der Waals surface area contributed by atoms with E-state index in [0.717, 1.165) is 26.2 Å². The van der Waals surface area contributed by atoms with Gasteiger partial charge < -0.3 is 19.1 Å². The third-order valence-electron chi connectivity index (χ3n) is 7.45. The molecule has 1 atom stereocenters. The summed E-state index contributed by atoms with van der Waals surface area (Å²) in [4.78, 5) is 17.4. The van der Waals surface area contributed by atoms with Gasteiger partial charge in [0.05, 0.1) is 37.9 Å². The maximum absolute atomic E-state index is 13.6. The van der Waals surface area contributed by atoms with E-state index >= 15 is 0 Å². The Bertz CT molecular complexity index is 964. The number of piperazine rings is 1. The molecule has 0 spiro atoms. The van der Waals surface area contributed by atoms with E-state index in [4.69, 9.17) is 14.2 Å². The van der Waals surface area contributed by atoms with Crippen LogP contribution >= 0.6 is 0 Å². The highest BCUT2D eigenvalue weighted by molar-refractivity contribution is 7.89. The summed E-state index contributed by atoms with van der Waals surface area (Å²) in [5.74, 6) is 0.590. The van der Waals surface area contributed by atoms with Gasteiger partial charge in [0.2, 0.25) is 15.9 Å². The summed E-state index contributed by atoms with van der Waals surface area (Å²) in [6.07, 6.45) is 5.17. The minimum Gasteiger partial charge on any atom is -0.497 e. The Labute approximate surface area is 209 Å². The molecule has 196 valence electrons. The van der Waals surface area contributed by atoms with Crippen LogP contribution < -0.4 is 4.74 Å². The smallest absolute Gasteiger partial charge is 0.248 e. The Balaban J connectivity index is 1.33. The molecule has 0 aromatic heterocycles. The molecule has 35 heavy (non-hydrogen) atoms. The predicted molar refractivity (Wildman–Crippen MR) is 132 cm³/mol. The van der Waals surface area contributed by atoms with E-state index in [1.807, 2.05) is 4.90 Å². The predicted octanol–water partition coefficient (Wildman–Crippen LogP) is 1.80. The van der Waals surface area contributed by atoms with Gasteiger partial charge in [0, 0.05) is 38.8 Å². The summed E-state index contributed by atoms with van der Waals surface area (Å²) in [5, 5.41) is 0. The number of hydrogen-bond acceptors (Lipinski definition) is 7. The monoisotopic (exact) mass is 509 g/mol.